The summed E-state index contributed by atoms with van der Waals surface area (Å²) >= 11 is 5.12. The van der Waals surface area contributed by atoms with Crippen LogP contribution in [-0.4, -0.2) is 34.6 Å². The fourth-order valence-corrected chi connectivity index (χ4v) is 9.77. The molecule has 6 rings (SSSR count). The first-order chi connectivity index (χ1) is 23.2. The van der Waals surface area contributed by atoms with Gasteiger partial charge >= 0.3 is 19.8 Å². The average Bonchev–Trinajstić information content (AvgIpc) is 3.52. The molecule has 4 nitrogen and oxygen atoms in total. The van der Waals surface area contributed by atoms with Crippen LogP contribution < -0.4 is 10.6 Å². The van der Waals surface area contributed by atoms with E-state index in [4.69, 9.17) is 12.2 Å². The number of aromatic nitrogens is 3. The molecule has 3 aromatic rings. The molecule has 7 heteroatoms. The maximum Gasteiger partial charge on any atom is 1.00 e. The van der Waals surface area contributed by atoms with E-state index in [-0.39, 0.29) is 19.8 Å². The number of allylic oxidation sites excluding steroid dienone is 11. The molecule has 2 N–H and O–H groups in total. The van der Waals surface area contributed by atoms with E-state index in [1.54, 1.807) is 10.6 Å². The van der Waals surface area contributed by atoms with Gasteiger partial charge in [-0.25, -0.2) is 0 Å². The van der Waals surface area contributed by atoms with E-state index in [1.165, 1.54) is 49.0 Å². The summed E-state index contributed by atoms with van der Waals surface area (Å²) in [6, 6.07) is 22.7. The summed E-state index contributed by atoms with van der Waals surface area (Å²) < 4.78 is 2.46. The molecule has 0 saturated heterocycles. The molecule has 2 aromatic carbocycles. The van der Waals surface area contributed by atoms with E-state index < -0.39 is 7.26 Å². The summed E-state index contributed by atoms with van der Waals surface area (Å²) in [5.41, 5.74) is 3.52. The second-order valence-corrected chi connectivity index (χ2v) is 16.8. The molecular formula is C42H57N4OsPS+. The first-order valence-corrected chi connectivity index (χ1v) is 20.3. The van der Waals surface area contributed by atoms with Gasteiger partial charge in [0.05, 0.1) is 30.7 Å². The van der Waals surface area contributed by atoms with Gasteiger partial charge < -0.3 is 15.1 Å². The predicted octanol–water partition coefficient (Wildman–Crippen LogP) is 11.2. The number of rotatable bonds is 6. The second kappa shape index (κ2) is 21.9. The van der Waals surface area contributed by atoms with Gasteiger partial charge in [0.1, 0.15) is 0 Å². The van der Waals surface area contributed by atoms with E-state index in [1.807, 2.05) is 43.8 Å². The molecule has 3 unspecified atom stereocenters. The van der Waals surface area contributed by atoms with Crippen LogP contribution in [0.1, 0.15) is 71.7 Å². The number of hydrogen-bond donors (Lipinski definition) is 2. The molecule has 0 saturated carbocycles. The van der Waals surface area contributed by atoms with Gasteiger partial charge in [-0.05, 0) is 75.2 Å². The second-order valence-electron chi connectivity index (χ2n) is 12.5. The minimum Gasteiger partial charge on any atom is -0.400 e. The van der Waals surface area contributed by atoms with E-state index >= 15 is 0 Å². The Labute approximate surface area is 316 Å². The number of nitrogens with zero attached hydrogens (tertiary/aromatic N) is 2. The van der Waals surface area contributed by atoms with Gasteiger partial charge in [0.15, 0.2) is 4.77 Å². The number of fused-ring (bicyclic) bond motifs is 1. The zero-order valence-electron chi connectivity index (χ0n) is 30.8. The third-order valence-electron chi connectivity index (χ3n) is 8.94. The van der Waals surface area contributed by atoms with Crippen molar-refractivity contribution in [1.82, 2.24) is 20.1 Å². The Hall–Kier alpha value is -3.02. The Bertz CT molecular complexity index is 1650. The van der Waals surface area contributed by atoms with Crippen LogP contribution in [0.15, 0.2) is 126 Å². The van der Waals surface area contributed by atoms with Crippen molar-refractivity contribution in [2.75, 3.05) is 19.9 Å². The Morgan fingerprint density at radius 2 is 1.67 bits per heavy atom. The Kier molecular flexibility index (Phi) is 18.9. The number of aryl methyl sites for hydroxylation is 1. The van der Waals surface area contributed by atoms with Crippen LogP contribution in [0.5, 0.6) is 0 Å². The molecule has 0 fully saturated rings. The first kappa shape index (κ1) is 42.1. The summed E-state index contributed by atoms with van der Waals surface area (Å²) in [6.07, 6.45) is 26.7. The maximum atomic E-state index is 5.12. The van der Waals surface area contributed by atoms with Gasteiger partial charge in [0.2, 0.25) is 0 Å². The van der Waals surface area contributed by atoms with E-state index in [0.29, 0.717) is 10.7 Å². The SMILES string of the molecule is CC.CN/C1=C\C(C)=C/C(C)[C-](C)n2[nH]c(=S)nc21.C[P+](CCC1C=CC=CC1)(C1=CC=CCC1)c1ccccc1.Cc1ccccc1.[Os+]. The molecule has 3 aliphatic rings. The molecular weight excluding hydrogens is 814 g/mol. The Morgan fingerprint density at radius 1 is 1.00 bits per heavy atom. The Morgan fingerprint density at radius 3 is 2.22 bits per heavy atom. The van der Waals surface area contributed by atoms with Gasteiger partial charge in [-0.15, -0.1) is 6.04 Å². The van der Waals surface area contributed by atoms with Gasteiger partial charge in [0.25, 0.3) is 0 Å². The van der Waals surface area contributed by atoms with Crippen LogP contribution in [0.4, 0.5) is 0 Å². The molecule has 49 heavy (non-hydrogen) atoms. The number of nitrogens with one attached hydrogen (secondary N) is 2. The molecule has 2 aliphatic carbocycles. The molecule has 1 aromatic heterocycles. The zero-order chi connectivity index (χ0) is 34.9. The van der Waals surface area contributed by atoms with Crippen molar-refractivity contribution in [3.05, 3.63) is 148 Å². The largest absolute Gasteiger partial charge is 1.00 e. The summed E-state index contributed by atoms with van der Waals surface area (Å²) in [7, 11) is 0.679. The average molecular weight is 871 g/mol. The fraction of sp³-hybridized carbons (Fsp3) is 0.357. The van der Waals surface area contributed by atoms with Gasteiger partial charge in [-0.3, -0.25) is 4.98 Å². The normalized spacial score (nSPS) is 20.8. The van der Waals surface area contributed by atoms with Crippen molar-refractivity contribution >= 4 is 30.5 Å². The van der Waals surface area contributed by atoms with Crippen molar-refractivity contribution in [3.8, 4) is 0 Å². The van der Waals surface area contributed by atoms with Crippen molar-refractivity contribution in [1.29, 1.82) is 0 Å². The third kappa shape index (κ3) is 12.7. The van der Waals surface area contributed by atoms with Crippen molar-refractivity contribution in [2.24, 2.45) is 11.8 Å². The van der Waals surface area contributed by atoms with Crippen LogP contribution >= 0.6 is 19.5 Å². The Balaban J connectivity index is 0.000000273. The molecule has 1 radical (unpaired) electrons. The summed E-state index contributed by atoms with van der Waals surface area (Å²) in [5, 5.41) is 9.54. The van der Waals surface area contributed by atoms with Crippen molar-refractivity contribution in [3.63, 3.8) is 0 Å². The number of aromatic amines is 1. The predicted molar refractivity (Wildman–Crippen MR) is 215 cm³/mol. The number of hydrogen-bond acceptors (Lipinski definition) is 3. The van der Waals surface area contributed by atoms with Crippen molar-refractivity contribution < 1.29 is 19.8 Å². The van der Waals surface area contributed by atoms with Crippen LogP contribution in [0, 0.1) is 29.6 Å². The quantitative estimate of drug-likeness (QED) is 0.147. The zero-order valence-corrected chi connectivity index (χ0v) is 35.0. The molecule has 1 aliphatic heterocycles. The standard InChI is InChI=1S/C21H26P.C12H17N4S.C7H8.C2H6.Os/c1-22(20-13-7-3-8-14-20,21-15-9-4-10-16-21)18-17-19-11-5-2-6-12-19;1-7-5-8(2)9(3)16-11(10(6-7)13-4)14-12(17)15-16;1-7-5-3-2-4-6-7;1-2;/h2-9,11,13-15,19H,10,12,16-18H2,1H3;5-6,8,13H,1-4H3,(H,15,17);2-6H,1H3;1-2H3;/q+1;-1;;;+1/b;7-5-,10-6-;;;. The molecule has 0 bridgehead atoms. The molecule has 0 amide bonds. The summed E-state index contributed by atoms with van der Waals surface area (Å²) in [4.78, 5) is 4.37. The topological polar surface area (TPSA) is 45.6 Å². The van der Waals surface area contributed by atoms with Crippen LogP contribution in [0.3, 0.4) is 0 Å². The maximum absolute atomic E-state index is 5.12. The number of H-pyrrole nitrogens is 1. The number of benzene rings is 2. The third-order valence-corrected chi connectivity index (χ3v) is 13.4. The minimum absolute atomic E-state index is 0. The minimum atomic E-state index is -1.21. The van der Waals surface area contributed by atoms with Crippen LogP contribution in [0.25, 0.3) is 5.70 Å². The van der Waals surface area contributed by atoms with E-state index in [2.05, 4.69) is 147 Å². The van der Waals surface area contributed by atoms with E-state index in [9.17, 15) is 0 Å². The molecule has 2 heterocycles. The monoisotopic (exact) mass is 872 g/mol. The van der Waals surface area contributed by atoms with Crippen LogP contribution in [0.2, 0.25) is 0 Å². The molecule has 3 atom stereocenters. The van der Waals surface area contributed by atoms with Gasteiger partial charge in [-0.2, -0.15) is 0 Å². The van der Waals surface area contributed by atoms with Crippen molar-refractivity contribution in [2.45, 2.75) is 67.2 Å². The fourth-order valence-electron chi connectivity index (χ4n) is 6.00. The molecule has 263 valence electrons. The summed E-state index contributed by atoms with van der Waals surface area (Å²) in [5.74, 6) is 1.92. The van der Waals surface area contributed by atoms with E-state index in [0.717, 1.165) is 17.4 Å². The molecule has 0 spiro atoms. The van der Waals surface area contributed by atoms with Gasteiger partial charge in [0, 0.05) is 19.3 Å². The smallest absolute Gasteiger partial charge is 0.400 e. The first-order valence-electron chi connectivity index (χ1n) is 17.4. The van der Waals surface area contributed by atoms with Gasteiger partial charge in [-0.1, -0.05) is 142 Å². The summed E-state index contributed by atoms with van der Waals surface area (Å²) in [6.45, 7) is 15.0. The van der Waals surface area contributed by atoms with Crippen LogP contribution in [-0.2, 0) is 19.8 Å².